The number of azo groups is 1. The van der Waals surface area contributed by atoms with Crippen LogP contribution in [-0.2, 0) is 4.79 Å². The largest absolute Gasteiger partial charge is 0.493 e. The van der Waals surface area contributed by atoms with Crippen molar-refractivity contribution in [3.05, 3.63) is 53.1 Å². The minimum Gasteiger partial charge on any atom is -0.493 e. The van der Waals surface area contributed by atoms with Crippen molar-refractivity contribution in [1.82, 2.24) is 4.57 Å². The summed E-state index contributed by atoms with van der Waals surface area (Å²) in [7, 11) is 0. The molecule has 7 heteroatoms. The number of aryl methyl sites for hydroxylation is 1. The summed E-state index contributed by atoms with van der Waals surface area (Å²) < 4.78 is 7.23. The lowest BCUT2D eigenvalue weighted by Crippen LogP contribution is -2.08. The average molecular weight is 386 g/mol. The van der Waals surface area contributed by atoms with Crippen LogP contribution >= 0.6 is 11.6 Å². The Balaban J connectivity index is 1.79. The van der Waals surface area contributed by atoms with E-state index in [0.717, 1.165) is 16.5 Å². The Labute approximate surface area is 162 Å². The van der Waals surface area contributed by atoms with Gasteiger partial charge in [-0.2, -0.15) is 0 Å². The van der Waals surface area contributed by atoms with E-state index in [1.807, 2.05) is 45.0 Å². The third-order valence-corrected chi connectivity index (χ3v) is 4.36. The van der Waals surface area contributed by atoms with Crippen LogP contribution in [0.2, 0.25) is 5.02 Å². The SMILES string of the molecule is Cc1cc(Cl)ccc1OCC(=O)N=Nc1c(O)n(C(C)C)c2ccccc12. The topological polar surface area (TPSA) is 76.2 Å². The lowest BCUT2D eigenvalue weighted by Gasteiger charge is -2.10. The molecule has 0 saturated carbocycles. The molecule has 0 aliphatic carbocycles. The van der Waals surface area contributed by atoms with Crippen molar-refractivity contribution in [3.8, 4) is 11.6 Å². The monoisotopic (exact) mass is 385 g/mol. The summed E-state index contributed by atoms with van der Waals surface area (Å²) in [6.07, 6.45) is 0. The second-order valence-corrected chi connectivity index (χ2v) is 6.88. The zero-order valence-corrected chi connectivity index (χ0v) is 16.1. The first-order valence-corrected chi connectivity index (χ1v) is 8.91. The van der Waals surface area contributed by atoms with Gasteiger partial charge < -0.3 is 14.4 Å². The number of hydrogen-bond acceptors (Lipinski definition) is 4. The van der Waals surface area contributed by atoms with Gasteiger partial charge in [0.2, 0.25) is 5.88 Å². The van der Waals surface area contributed by atoms with E-state index in [2.05, 4.69) is 10.2 Å². The Morgan fingerprint density at radius 1 is 1.26 bits per heavy atom. The molecule has 0 fully saturated rings. The molecule has 0 aliphatic heterocycles. The number of carbonyl (C=O) groups is 1. The molecule has 140 valence electrons. The Bertz CT molecular complexity index is 1020. The number of amides is 1. The highest BCUT2D eigenvalue weighted by atomic mass is 35.5. The Kier molecular flexibility index (Phi) is 5.46. The smallest absolute Gasteiger partial charge is 0.302 e. The molecule has 0 atom stereocenters. The van der Waals surface area contributed by atoms with Gasteiger partial charge in [0.1, 0.15) is 5.75 Å². The highest BCUT2D eigenvalue weighted by Crippen LogP contribution is 2.40. The van der Waals surface area contributed by atoms with Crippen molar-refractivity contribution in [2.24, 2.45) is 10.2 Å². The number of carbonyl (C=O) groups excluding carboxylic acids is 1. The molecule has 1 aromatic heterocycles. The molecule has 27 heavy (non-hydrogen) atoms. The van der Waals surface area contributed by atoms with E-state index in [0.29, 0.717) is 10.8 Å². The van der Waals surface area contributed by atoms with Gasteiger partial charge in [-0.3, -0.25) is 4.79 Å². The molecule has 2 aromatic carbocycles. The predicted molar refractivity (Wildman–Crippen MR) is 105 cm³/mol. The first-order valence-electron chi connectivity index (χ1n) is 8.54. The van der Waals surface area contributed by atoms with E-state index in [-0.39, 0.29) is 24.2 Å². The van der Waals surface area contributed by atoms with Crippen molar-refractivity contribution >= 4 is 34.1 Å². The molecule has 0 saturated heterocycles. The third kappa shape index (κ3) is 3.95. The van der Waals surface area contributed by atoms with Crippen LogP contribution in [0, 0.1) is 6.92 Å². The van der Waals surface area contributed by atoms with Crippen molar-refractivity contribution in [2.45, 2.75) is 26.8 Å². The van der Waals surface area contributed by atoms with E-state index < -0.39 is 5.91 Å². The molecule has 0 aliphatic rings. The number of ether oxygens (including phenoxy) is 1. The minimum atomic E-state index is -0.551. The zero-order chi connectivity index (χ0) is 19.6. The van der Waals surface area contributed by atoms with Gasteiger partial charge >= 0.3 is 5.91 Å². The summed E-state index contributed by atoms with van der Waals surface area (Å²) in [6.45, 7) is 5.50. The fourth-order valence-corrected chi connectivity index (χ4v) is 3.13. The van der Waals surface area contributed by atoms with Gasteiger partial charge in [-0.25, -0.2) is 0 Å². The highest BCUT2D eigenvalue weighted by Gasteiger charge is 2.18. The van der Waals surface area contributed by atoms with Gasteiger partial charge in [0, 0.05) is 16.5 Å². The number of para-hydroxylation sites is 1. The Morgan fingerprint density at radius 2 is 2.00 bits per heavy atom. The predicted octanol–water partition coefficient (Wildman–Crippen LogP) is 5.58. The quantitative estimate of drug-likeness (QED) is 0.582. The number of fused-ring (bicyclic) bond motifs is 1. The van der Waals surface area contributed by atoms with Crippen LogP contribution in [0.4, 0.5) is 5.69 Å². The lowest BCUT2D eigenvalue weighted by atomic mass is 10.2. The zero-order valence-electron chi connectivity index (χ0n) is 15.3. The standard InChI is InChI=1S/C20H20ClN3O3/c1-12(2)24-16-7-5-4-6-15(16)19(20(24)26)23-22-18(25)11-27-17-9-8-14(21)10-13(17)3/h4-10,12,26H,11H2,1-3H3. The van der Waals surface area contributed by atoms with E-state index in [4.69, 9.17) is 16.3 Å². The van der Waals surface area contributed by atoms with Crippen molar-refractivity contribution in [3.63, 3.8) is 0 Å². The third-order valence-electron chi connectivity index (χ3n) is 4.12. The number of aromatic nitrogens is 1. The molecule has 0 spiro atoms. The van der Waals surface area contributed by atoms with Crippen LogP contribution in [0.3, 0.4) is 0 Å². The van der Waals surface area contributed by atoms with E-state index in [1.165, 1.54) is 0 Å². The number of aromatic hydroxyl groups is 1. The summed E-state index contributed by atoms with van der Waals surface area (Å²) in [5.74, 6) is -0.00968. The van der Waals surface area contributed by atoms with Crippen LogP contribution in [0.25, 0.3) is 10.9 Å². The first kappa shape index (κ1) is 18.9. The normalized spacial score (nSPS) is 11.6. The summed E-state index contributed by atoms with van der Waals surface area (Å²) >= 11 is 5.90. The van der Waals surface area contributed by atoms with E-state index >= 15 is 0 Å². The summed E-state index contributed by atoms with van der Waals surface area (Å²) in [5, 5.41) is 19.5. The molecule has 1 N–H and O–H groups in total. The second-order valence-electron chi connectivity index (χ2n) is 6.45. The maximum Gasteiger partial charge on any atom is 0.302 e. The Morgan fingerprint density at radius 3 is 2.70 bits per heavy atom. The second kappa shape index (κ2) is 7.80. The van der Waals surface area contributed by atoms with Gasteiger partial charge in [-0.15, -0.1) is 10.2 Å². The Hall–Kier alpha value is -2.86. The maximum atomic E-state index is 12.1. The molecular formula is C20H20ClN3O3. The van der Waals surface area contributed by atoms with Crippen LogP contribution < -0.4 is 4.74 Å². The van der Waals surface area contributed by atoms with Crippen LogP contribution in [-0.4, -0.2) is 22.2 Å². The van der Waals surface area contributed by atoms with Gasteiger partial charge in [0.25, 0.3) is 0 Å². The molecule has 0 unspecified atom stereocenters. The van der Waals surface area contributed by atoms with Crippen LogP contribution in [0.15, 0.2) is 52.7 Å². The van der Waals surface area contributed by atoms with Gasteiger partial charge in [0.05, 0.1) is 5.52 Å². The summed E-state index contributed by atoms with van der Waals surface area (Å²) in [5.41, 5.74) is 1.93. The number of rotatable bonds is 5. The first-order chi connectivity index (χ1) is 12.9. The number of halogens is 1. The molecule has 3 rings (SSSR count). The molecule has 1 amide bonds. The van der Waals surface area contributed by atoms with Gasteiger partial charge in [-0.05, 0) is 50.6 Å². The molecule has 0 bridgehead atoms. The minimum absolute atomic E-state index is 0.0165. The summed E-state index contributed by atoms with van der Waals surface area (Å²) in [6, 6.07) is 12.6. The van der Waals surface area contributed by atoms with Crippen molar-refractivity contribution in [2.75, 3.05) is 6.61 Å². The number of nitrogens with zero attached hydrogens (tertiary/aromatic N) is 3. The van der Waals surface area contributed by atoms with Gasteiger partial charge in [0.15, 0.2) is 12.3 Å². The van der Waals surface area contributed by atoms with Crippen molar-refractivity contribution in [1.29, 1.82) is 0 Å². The fraction of sp³-hybridized carbons (Fsp3) is 0.250. The van der Waals surface area contributed by atoms with Gasteiger partial charge in [-0.1, -0.05) is 29.8 Å². The average Bonchev–Trinajstić information content (AvgIpc) is 2.90. The number of hydrogen-bond donors (Lipinski definition) is 1. The molecule has 6 nitrogen and oxygen atoms in total. The summed E-state index contributed by atoms with van der Waals surface area (Å²) in [4.78, 5) is 12.1. The molecular weight excluding hydrogens is 366 g/mol. The van der Waals surface area contributed by atoms with Crippen LogP contribution in [0.5, 0.6) is 11.6 Å². The fourth-order valence-electron chi connectivity index (χ4n) is 2.90. The van der Waals surface area contributed by atoms with E-state index in [1.54, 1.807) is 22.8 Å². The molecule has 0 radical (unpaired) electrons. The highest BCUT2D eigenvalue weighted by molar-refractivity contribution is 6.30. The molecule has 3 aromatic rings. The maximum absolute atomic E-state index is 12.1. The molecule has 1 heterocycles. The van der Waals surface area contributed by atoms with E-state index in [9.17, 15) is 9.90 Å². The van der Waals surface area contributed by atoms with Crippen LogP contribution in [0.1, 0.15) is 25.5 Å². The van der Waals surface area contributed by atoms with Crippen molar-refractivity contribution < 1.29 is 14.6 Å². The number of benzene rings is 2. The lowest BCUT2D eigenvalue weighted by molar-refractivity contribution is -0.120.